The standard InChI is InChI=1S/C26H30N2O2/c1-16-12-19-14-23-25(2,3)26(4,20(19)15-22(16)30-5)9-11-28(23)24(29)18-6-7-21-17(13-18)8-10-27-21/h6-7,10,12-13,15,23H,8-9,11,14H2,1-5H3/t23-,26-/m1/s1. The molecule has 0 unspecified atom stereocenters. The van der Waals surface area contributed by atoms with Gasteiger partial charge in [-0.1, -0.05) is 26.8 Å². The van der Waals surface area contributed by atoms with Crippen molar-refractivity contribution in [1.29, 1.82) is 0 Å². The van der Waals surface area contributed by atoms with Crippen LogP contribution in [-0.4, -0.2) is 36.7 Å². The van der Waals surface area contributed by atoms with Gasteiger partial charge in [0.1, 0.15) is 5.75 Å². The number of hydrogen-bond acceptors (Lipinski definition) is 3. The number of carbonyl (C=O) groups is 1. The normalized spacial score (nSPS) is 25.6. The molecule has 0 spiro atoms. The minimum absolute atomic E-state index is 0.00872. The molecule has 30 heavy (non-hydrogen) atoms. The lowest BCUT2D eigenvalue weighted by atomic mass is 9.51. The molecule has 5 rings (SSSR count). The van der Waals surface area contributed by atoms with Gasteiger partial charge in [0, 0.05) is 36.2 Å². The van der Waals surface area contributed by atoms with E-state index in [0.717, 1.165) is 53.9 Å². The fraction of sp³-hybridized carbons (Fsp3) is 0.462. The predicted octanol–water partition coefficient (Wildman–Crippen LogP) is 5.02. The van der Waals surface area contributed by atoms with Gasteiger partial charge >= 0.3 is 0 Å². The molecule has 2 bridgehead atoms. The summed E-state index contributed by atoms with van der Waals surface area (Å²) in [4.78, 5) is 20.2. The first-order valence-corrected chi connectivity index (χ1v) is 10.9. The predicted molar refractivity (Wildman–Crippen MR) is 120 cm³/mol. The van der Waals surface area contributed by atoms with Crippen LogP contribution in [0.5, 0.6) is 5.75 Å². The summed E-state index contributed by atoms with van der Waals surface area (Å²) in [6.45, 7) is 9.94. The van der Waals surface area contributed by atoms with Gasteiger partial charge in [-0.3, -0.25) is 9.79 Å². The Bertz CT molecular complexity index is 1080. The van der Waals surface area contributed by atoms with Gasteiger partial charge in [0.05, 0.1) is 12.8 Å². The number of likely N-dealkylation sites (tertiary alicyclic amines) is 1. The molecule has 0 saturated carbocycles. The second-order valence-electron chi connectivity index (χ2n) is 9.86. The molecule has 2 aromatic carbocycles. The van der Waals surface area contributed by atoms with Crippen molar-refractivity contribution >= 4 is 17.8 Å². The van der Waals surface area contributed by atoms with Crippen LogP contribution in [0.2, 0.25) is 0 Å². The Balaban J connectivity index is 1.55. The zero-order valence-corrected chi connectivity index (χ0v) is 18.6. The van der Waals surface area contributed by atoms with Crippen LogP contribution in [0.3, 0.4) is 0 Å². The first-order valence-electron chi connectivity index (χ1n) is 10.9. The molecule has 4 heteroatoms. The topological polar surface area (TPSA) is 41.9 Å². The number of aryl methyl sites for hydroxylation is 1. The van der Waals surface area contributed by atoms with E-state index in [1.807, 2.05) is 24.4 Å². The number of methoxy groups -OCH3 is 1. The number of carbonyl (C=O) groups excluding carboxylic acids is 1. The summed E-state index contributed by atoms with van der Waals surface area (Å²) >= 11 is 0. The maximum Gasteiger partial charge on any atom is 0.254 e. The van der Waals surface area contributed by atoms with Crippen LogP contribution in [0, 0.1) is 12.3 Å². The molecular weight excluding hydrogens is 372 g/mol. The van der Waals surface area contributed by atoms with Gasteiger partial charge in [-0.15, -0.1) is 0 Å². The largest absolute Gasteiger partial charge is 0.496 e. The molecule has 2 aromatic rings. The zero-order chi connectivity index (χ0) is 21.3. The van der Waals surface area contributed by atoms with Crippen molar-refractivity contribution in [2.24, 2.45) is 10.4 Å². The SMILES string of the molecule is COc1cc2c(cc1C)C[C@H]1N(C(=O)c3ccc4c(c3)CC=N4)CC[C@@]2(C)C1(C)C. The van der Waals surface area contributed by atoms with Crippen molar-refractivity contribution < 1.29 is 9.53 Å². The van der Waals surface area contributed by atoms with E-state index in [0.29, 0.717) is 0 Å². The first kappa shape index (κ1) is 19.3. The van der Waals surface area contributed by atoms with E-state index >= 15 is 0 Å². The molecule has 1 saturated heterocycles. The average Bonchev–Trinajstić information content (AvgIpc) is 3.18. The quantitative estimate of drug-likeness (QED) is 0.708. The summed E-state index contributed by atoms with van der Waals surface area (Å²) in [6.07, 6.45) is 4.58. The number of rotatable bonds is 2. The highest BCUT2D eigenvalue weighted by atomic mass is 16.5. The fourth-order valence-electron chi connectivity index (χ4n) is 5.94. The van der Waals surface area contributed by atoms with Crippen LogP contribution in [0.1, 0.15) is 59.8 Å². The van der Waals surface area contributed by atoms with Crippen LogP contribution in [-0.2, 0) is 18.3 Å². The molecule has 2 aliphatic heterocycles. The molecule has 156 valence electrons. The molecule has 3 aliphatic rings. The maximum absolute atomic E-state index is 13.6. The van der Waals surface area contributed by atoms with Gasteiger partial charge in [0.15, 0.2) is 0 Å². The number of benzene rings is 2. The van der Waals surface area contributed by atoms with E-state index in [1.165, 1.54) is 11.1 Å². The highest BCUT2D eigenvalue weighted by Gasteiger charge is 2.57. The number of fused-ring (bicyclic) bond motifs is 5. The van der Waals surface area contributed by atoms with Crippen molar-refractivity contribution in [2.75, 3.05) is 13.7 Å². The summed E-state index contributed by atoms with van der Waals surface area (Å²) in [5, 5.41) is 0. The molecule has 0 aromatic heterocycles. The van der Waals surface area contributed by atoms with E-state index < -0.39 is 0 Å². The third-order valence-corrected chi connectivity index (χ3v) is 8.24. The lowest BCUT2D eigenvalue weighted by Gasteiger charge is -2.61. The second-order valence-corrected chi connectivity index (χ2v) is 9.86. The maximum atomic E-state index is 13.6. The number of aliphatic imine (C=N–C) groups is 1. The minimum Gasteiger partial charge on any atom is -0.496 e. The first-order chi connectivity index (χ1) is 14.3. The van der Waals surface area contributed by atoms with Gasteiger partial charge < -0.3 is 9.64 Å². The summed E-state index contributed by atoms with van der Waals surface area (Å²) < 4.78 is 5.64. The van der Waals surface area contributed by atoms with Crippen molar-refractivity contribution in [3.05, 3.63) is 58.1 Å². The Kier molecular flexibility index (Phi) is 4.15. The van der Waals surface area contributed by atoms with E-state index in [9.17, 15) is 4.79 Å². The average molecular weight is 403 g/mol. The van der Waals surface area contributed by atoms with Crippen molar-refractivity contribution in [3.63, 3.8) is 0 Å². The number of amides is 1. The minimum atomic E-state index is -0.0337. The van der Waals surface area contributed by atoms with Gasteiger partial charge in [0.2, 0.25) is 0 Å². The van der Waals surface area contributed by atoms with Gasteiger partial charge in [-0.05, 0) is 71.7 Å². The monoisotopic (exact) mass is 402 g/mol. The van der Waals surface area contributed by atoms with Crippen molar-refractivity contribution in [3.8, 4) is 5.75 Å². The van der Waals surface area contributed by atoms with Gasteiger partial charge in [-0.25, -0.2) is 0 Å². The molecule has 2 atom stereocenters. The van der Waals surface area contributed by atoms with Crippen molar-refractivity contribution in [1.82, 2.24) is 4.90 Å². The third-order valence-electron chi connectivity index (χ3n) is 8.24. The summed E-state index contributed by atoms with van der Waals surface area (Å²) in [5.41, 5.74) is 6.83. The Labute approximate surface area is 179 Å². The van der Waals surface area contributed by atoms with E-state index in [2.05, 4.69) is 49.7 Å². The molecule has 1 fully saturated rings. The lowest BCUT2D eigenvalue weighted by Crippen LogP contribution is -2.64. The highest BCUT2D eigenvalue weighted by molar-refractivity contribution is 5.96. The molecule has 1 aliphatic carbocycles. The highest BCUT2D eigenvalue weighted by Crippen LogP contribution is 2.57. The Hall–Kier alpha value is -2.62. The Morgan fingerprint density at radius 3 is 2.73 bits per heavy atom. The van der Waals surface area contributed by atoms with Crippen LogP contribution in [0.25, 0.3) is 0 Å². The molecule has 0 radical (unpaired) electrons. The van der Waals surface area contributed by atoms with E-state index in [1.54, 1.807) is 7.11 Å². The molecule has 2 heterocycles. The lowest BCUT2D eigenvalue weighted by molar-refractivity contribution is -0.0263. The number of piperidine rings is 1. The Morgan fingerprint density at radius 1 is 1.17 bits per heavy atom. The van der Waals surface area contributed by atoms with E-state index in [-0.39, 0.29) is 22.8 Å². The Morgan fingerprint density at radius 2 is 1.97 bits per heavy atom. The van der Waals surface area contributed by atoms with Crippen LogP contribution in [0.15, 0.2) is 35.3 Å². The van der Waals surface area contributed by atoms with Crippen LogP contribution < -0.4 is 4.74 Å². The molecule has 4 nitrogen and oxygen atoms in total. The smallest absolute Gasteiger partial charge is 0.254 e. The third kappa shape index (κ3) is 2.52. The number of ether oxygens (including phenoxy) is 1. The number of hydrogen-bond donors (Lipinski definition) is 0. The molecule has 0 N–H and O–H groups in total. The van der Waals surface area contributed by atoms with Crippen molar-refractivity contribution in [2.45, 2.75) is 58.4 Å². The zero-order valence-electron chi connectivity index (χ0n) is 18.6. The summed E-state index contributed by atoms with van der Waals surface area (Å²) in [6, 6.07) is 10.7. The summed E-state index contributed by atoms with van der Waals surface area (Å²) in [7, 11) is 1.75. The van der Waals surface area contributed by atoms with Crippen LogP contribution >= 0.6 is 0 Å². The second kappa shape index (κ2) is 6.44. The fourth-order valence-corrected chi connectivity index (χ4v) is 5.94. The van der Waals surface area contributed by atoms with Gasteiger partial charge in [-0.2, -0.15) is 0 Å². The molecule has 1 amide bonds. The summed E-state index contributed by atoms with van der Waals surface area (Å²) in [5.74, 6) is 1.11. The van der Waals surface area contributed by atoms with Crippen LogP contribution in [0.4, 0.5) is 5.69 Å². The van der Waals surface area contributed by atoms with Gasteiger partial charge in [0.25, 0.3) is 5.91 Å². The molecular formula is C26H30N2O2. The van der Waals surface area contributed by atoms with E-state index in [4.69, 9.17) is 4.74 Å². The number of nitrogens with zero attached hydrogens (tertiary/aromatic N) is 2.